The Balaban J connectivity index is 1.84. The lowest BCUT2D eigenvalue weighted by Crippen LogP contribution is -2.38. The van der Waals surface area contributed by atoms with Gasteiger partial charge >= 0.3 is 5.97 Å². The number of carbonyl (C=O) groups excluding carboxylic acids is 1. The molecule has 2 rings (SSSR count). The van der Waals surface area contributed by atoms with Crippen molar-refractivity contribution < 1.29 is 9.53 Å². The number of ether oxygens (including phenoxy) is 1. The summed E-state index contributed by atoms with van der Waals surface area (Å²) in [6.07, 6.45) is 5.86. The number of benzene rings is 1. The van der Waals surface area contributed by atoms with Crippen molar-refractivity contribution in [3.63, 3.8) is 0 Å². The van der Waals surface area contributed by atoms with Gasteiger partial charge < -0.3 is 20.3 Å². The van der Waals surface area contributed by atoms with E-state index in [4.69, 9.17) is 0 Å². The topological polar surface area (TPSA) is 66.0 Å². The van der Waals surface area contributed by atoms with E-state index in [2.05, 4.69) is 63.4 Å². The van der Waals surface area contributed by atoms with E-state index in [0.717, 1.165) is 51.4 Å². The van der Waals surface area contributed by atoms with Crippen molar-refractivity contribution in [3.8, 4) is 0 Å². The van der Waals surface area contributed by atoms with E-state index < -0.39 is 0 Å². The molecule has 156 valence electrons. The van der Waals surface area contributed by atoms with Gasteiger partial charge in [-0.15, -0.1) is 0 Å². The Kier molecular flexibility index (Phi) is 9.66. The molecular weight excluding hydrogens is 352 g/mol. The number of nitrogens with zero attached hydrogens (tertiary/aromatic N) is 2. The first-order valence-electron chi connectivity index (χ1n) is 10.6. The molecule has 2 N–H and O–H groups in total. The lowest BCUT2D eigenvalue weighted by atomic mass is 10.1. The smallest absolute Gasteiger partial charge is 0.305 e. The maximum absolute atomic E-state index is 11.1. The Hall–Kier alpha value is -2.24. The van der Waals surface area contributed by atoms with Crippen LogP contribution in [0.1, 0.15) is 64.0 Å². The fourth-order valence-corrected chi connectivity index (χ4v) is 3.43. The highest BCUT2D eigenvalue weighted by atomic mass is 16.5. The Morgan fingerprint density at radius 3 is 2.75 bits per heavy atom. The third-order valence-electron chi connectivity index (χ3n) is 5.08. The first-order valence-corrected chi connectivity index (χ1v) is 10.6. The molecule has 0 bridgehead atoms. The van der Waals surface area contributed by atoms with Crippen LogP contribution in [0.5, 0.6) is 0 Å². The third-order valence-corrected chi connectivity index (χ3v) is 5.08. The third kappa shape index (κ3) is 7.41. The second kappa shape index (κ2) is 12.3. The number of hydrogen-bond acceptors (Lipinski definition) is 4. The van der Waals surface area contributed by atoms with Gasteiger partial charge in [-0.25, -0.2) is 0 Å². The zero-order valence-corrected chi connectivity index (χ0v) is 17.7. The fraction of sp³-hybridized carbons (Fsp3) is 0.636. The van der Waals surface area contributed by atoms with E-state index >= 15 is 0 Å². The quantitative estimate of drug-likeness (QED) is 0.277. The molecule has 1 heterocycles. The van der Waals surface area contributed by atoms with Crippen LogP contribution in [-0.4, -0.2) is 45.2 Å². The van der Waals surface area contributed by atoms with Crippen molar-refractivity contribution >= 4 is 17.6 Å². The summed E-state index contributed by atoms with van der Waals surface area (Å²) in [5.41, 5.74) is 2.59. The Morgan fingerprint density at radius 1 is 1.25 bits per heavy atom. The molecule has 1 saturated heterocycles. The normalized spacial score (nSPS) is 15.4. The van der Waals surface area contributed by atoms with Crippen LogP contribution in [0.15, 0.2) is 29.3 Å². The molecule has 0 aliphatic carbocycles. The highest BCUT2D eigenvalue weighted by molar-refractivity contribution is 5.80. The molecule has 1 aliphatic rings. The van der Waals surface area contributed by atoms with E-state index in [1.165, 1.54) is 31.2 Å². The highest BCUT2D eigenvalue weighted by Gasteiger charge is 2.14. The average Bonchev–Trinajstić information content (AvgIpc) is 3.25. The van der Waals surface area contributed by atoms with Gasteiger partial charge in [-0.3, -0.25) is 9.79 Å². The number of esters is 1. The van der Waals surface area contributed by atoms with Crippen LogP contribution in [0.25, 0.3) is 0 Å². The number of anilines is 1. The first-order chi connectivity index (χ1) is 13.6. The maximum atomic E-state index is 11.1. The van der Waals surface area contributed by atoms with Gasteiger partial charge in [0.25, 0.3) is 0 Å². The molecular formula is C22H36N4O2. The van der Waals surface area contributed by atoms with Crippen LogP contribution < -0.4 is 15.5 Å². The molecule has 1 unspecified atom stereocenters. The second-order valence-corrected chi connectivity index (χ2v) is 7.30. The molecule has 6 heteroatoms. The van der Waals surface area contributed by atoms with E-state index in [1.54, 1.807) is 0 Å². The van der Waals surface area contributed by atoms with Gasteiger partial charge in [0.1, 0.15) is 0 Å². The Morgan fingerprint density at radius 2 is 2.04 bits per heavy atom. The van der Waals surface area contributed by atoms with Gasteiger partial charge in [-0.05, 0) is 57.2 Å². The summed E-state index contributed by atoms with van der Waals surface area (Å²) in [7, 11) is 1.43. The summed E-state index contributed by atoms with van der Waals surface area (Å²) >= 11 is 0. The minimum Gasteiger partial charge on any atom is -0.469 e. The van der Waals surface area contributed by atoms with Crippen molar-refractivity contribution in [2.24, 2.45) is 4.99 Å². The van der Waals surface area contributed by atoms with Crippen LogP contribution in [0.2, 0.25) is 0 Å². The molecule has 1 aromatic rings. The number of carbonyl (C=O) groups is 1. The number of aliphatic imine (C=N–C) groups is 1. The van der Waals surface area contributed by atoms with Crippen molar-refractivity contribution in [2.45, 2.75) is 58.4 Å². The fourth-order valence-electron chi connectivity index (χ4n) is 3.43. The summed E-state index contributed by atoms with van der Waals surface area (Å²) in [5.74, 6) is 0.707. The van der Waals surface area contributed by atoms with E-state index in [-0.39, 0.29) is 12.0 Å². The van der Waals surface area contributed by atoms with Crippen LogP contribution >= 0.6 is 0 Å². The minimum atomic E-state index is -0.136. The lowest BCUT2D eigenvalue weighted by Gasteiger charge is -2.22. The van der Waals surface area contributed by atoms with Crippen molar-refractivity contribution in [1.82, 2.24) is 10.6 Å². The predicted octanol–water partition coefficient (Wildman–Crippen LogP) is 3.64. The molecule has 0 aromatic heterocycles. The van der Waals surface area contributed by atoms with Crippen LogP contribution in [0, 0.1) is 0 Å². The van der Waals surface area contributed by atoms with Gasteiger partial charge in [-0.2, -0.15) is 0 Å². The van der Waals surface area contributed by atoms with E-state index in [0.29, 0.717) is 6.42 Å². The summed E-state index contributed by atoms with van der Waals surface area (Å²) in [6, 6.07) is 8.99. The van der Waals surface area contributed by atoms with Crippen molar-refractivity contribution in [3.05, 3.63) is 29.8 Å². The van der Waals surface area contributed by atoms with Gasteiger partial charge in [0.2, 0.25) is 0 Å². The second-order valence-electron chi connectivity index (χ2n) is 7.30. The summed E-state index contributed by atoms with van der Waals surface area (Å²) in [4.78, 5) is 18.3. The molecule has 0 spiro atoms. The van der Waals surface area contributed by atoms with E-state index in [1.807, 2.05) is 0 Å². The summed E-state index contributed by atoms with van der Waals surface area (Å²) in [5, 5.41) is 6.84. The molecule has 1 aromatic carbocycles. The van der Waals surface area contributed by atoms with Gasteiger partial charge in [0, 0.05) is 38.3 Å². The number of nitrogens with one attached hydrogen (secondary N) is 2. The number of unbranched alkanes of at least 4 members (excludes halogenated alkanes) is 2. The Labute approximate surface area is 169 Å². The number of guanidine groups is 1. The summed E-state index contributed by atoms with van der Waals surface area (Å²) < 4.78 is 4.66. The van der Waals surface area contributed by atoms with Crippen LogP contribution in [-0.2, 0) is 9.53 Å². The molecule has 0 radical (unpaired) electrons. The molecule has 1 fully saturated rings. The van der Waals surface area contributed by atoms with Gasteiger partial charge in [0.15, 0.2) is 5.96 Å². The molecule has 6 nitrogen and oxygen atoms in total. The predicted molar refractivity (Wildman–Crippen MR) is 116 cm³/mol. The Bertz CT molecular complexity index is 627. The largest absolute Gasteiger partial charge is 0.469 e. The highest BCUT2D eigenvalue weighted by Crippen LogP contribution is 2.23. The minimum absolute atomic E-state index is 0.136. The molecule has 28 heavy (non-hydrogen) atoms. The van der Waals surface area contributed by atoms with Crippen molar-refractivity contribution in [1.29, 1.82) is 0 Å². The molecule has 1 atom stereocenters. The number of rotatable bonds is 10. The summed E-state index contributed by atoms with van der Waals surface area (Å²) in [6.45, 7) is 8.14. The zero-order valence-electron chi connectivity index (χ0n) is 17.7. The molecule has 0 saturated carbocycles. The SMILES string of the molecule is CCNC(=NCCCCCC(=O)OC)NC(C)c1cccc(N2CCCC2)c1. The maximum Gasteiger partial charge on any atom is 0.305 e. The van der Waals surface area contributed by atoms with Gasteiger partial charge in [0.05, 0.1) is 13.2 Å². The van der Waals surface area contributed by atoms with Gasteiger partial charge in [-0.1, -0.05) is 18.6 Å². The molecule has 0 amide bonds. The van der Waals surface area contributed by atoms with E-state index in [9.17, 15) is 4.79 Å². The number of methoxy groups -OCH3 is 1. The monoisotopic (exact) mass is 388 g/mol. The molecule has 1 aliphatic heterocycles. The lowest BCUT2D eigenvalue weighted by molar-refractivity contribution is -0.140. The average molecular weight is 389 g/mol. The van der Waals surface area contributed by atoms with Crippen molar-refractivity contribution in [2.75, 3.05) is 38.2 Å². The number of hydrogen-bond donors (Lipinski definition) is 2. The standard InChI is InChI=1S/C22H36N4O2/c1-4-23-22(24-14-7-5-6-13-21(27)28-3)25-18(2)19-11-10-12-20(17-19)26-15-8-9-16-26/h10-12,17-18H,4-9,13-16H2,1-3H3,(H2,23,24,25). The van der Waals surface area contributed by atoms with Crippen LogP contribution in [0.4, 0.5) is 5.69 Å². The first kappa shape index (κ1) is 22.1. The van der Waals surface area contributed by atoms with Crippen LogP contribution in [0.3, 0.4) is 0 Å². The zero-order chi connectivity index (χ0) is 20.2.